The fourth-order valence-corrected chi connectivity index (χ4v) is 2.99. The molecule has 3 nitrogen and oxygen atoms in total. The van der Waals surface area contributed by atoms with Gasteiger partial charge in [-0.25, -0.2) is 0 Å². The minimum absolute atomic E-state index is 0.188. The van der Waals surface area contributed by atoms with Crippen molar-refractivity contribution in [2.45, 2.75) is 24.9 Å². The highest BCUT2D eigenvalue weighted by atomic mass is 19.4. The van der Waals surface area contributed by atoms with Gasteiger partial charge in [-0.2, -0.15) is 18.3 Å². The molecule has 1 aliphatic heterocycles. The maximum absolute atomic E-state index is 13.1. The first-order valence-electron chi connectivity index (χ1n) is 6.72. The van der Waals surface area contributed by atoms with Gasteiger partial charge in [0.1, 0.15) is 0 Å². The van der Waals surface area contributed by atoms with E-state index in [2.05, 4.69) is 10.4 Å². The lowest BCUT2D eigenvalue weighted by atomic mass is 9.92. The minimum atomic E-state index is -4.35. The van der Waals surface area contributed by atoms with Gasteiger partial charge in [-0.3, -0.25) is 4.68 Å². The number of hydrogen-bond acceptors (Lipinski definition) is 2. The molecule has 0 unspecified atom stereocenters. The van der Waals surface area contributed by atoms with Crippen LogP contribution >= 0.6 is 0 Å². The molecule has 2 aromatic rings. The van der Waals surface area contributed by atoms with E-state index in [-0.39, 0.29) is 11.4 Å². The molecular formula is C14H16F3N3. The molecule has 1 aromatic heterocycles. The van der Waals surface area contributed by atoms with Crippen molar-refractivity contribution in [1.29, 1.82) is 0 Å². The van der Waals surface area contributed by atoms with Gasteiger partial charge in [0.2, 0.25) is 0 Å². The van der Waals surface area contributed by atoms with E-state index < -0.39 is 11.7 Å². The first kappa shape index (κ1) is 13.4. The normalized spacial score (nSPS) is 17.8. The summed E-state index contributed by atoms with van der Waals surface area (Å²) in [7, 11) is 1.59. The van der Waals surface area contributed by atoms with Gasteiger partial charge >= 0.3 is 6.18 Å². The molecule has 0 saturated carbocycles. The molecule has 2 heterocycles. The number of piperidine rings is 1. The van der Waals surface area contributed by atoms with Crippen molar-refractivity contribution in [2.24, 2.45) is 7.05 Å². The first-order chi connectivity index (χ1) is 9.48. The third-order valence-electron chi connectivity index (χ3n) is 3.92. The first-order valence-corrected chi connectivity index (χ1v) is 6.72. The number of rotatable bonds is 1. The van der Waals surface area contributed by atoms with Gasteiger partial charge in [0.05, 0.1) is 16.8 Å². The monoisotopic (exact) mass is 283 g/mol. The van der Waals surface area contributed by atoms with Crippen molar-refractivity contribution >= 4 is 10.9 Å². The van der Waals surface area contributed by atoms with E-state index in [4.69, 9.17) is 0 Å². The molecule has 6 heteroatoms. The zero-order chi connectivity index (χ0) is 14.3. The second kappa shape index (κ2) is 4.77. The molecule has 1 aromatic carbocycles. The summed E-state index contributed by atoms with van der Waals surface area (Å²) in [4.78, 5) is 0. The lowest BCUT2D eigenvalue weighted by Gasteiger charge is -2.21. The zero-order valence-electron chi connectivity index (χ0n) is 11.2. The summed E-state index contributed by atoms with van der Waals surface area (Å²) in [5, 5.41) is 8.27. The number of alkyl halides is 3. The topological polar surface area (TPSA) is 29.9 Å². The van der Waals surface area contributed by atoms with Crippen molar-refractivity contribution in [2.75, 3.05) is 13.1 Å². The molecule has 108 valence electrons. The Labute approximate surface area is 114 Å². The van der Waals surface area contributed by atoms with E-state index in [0.29, 0.717) is 5.39 Å². The third kappa shape index (κ3) is 2.18. The van der Waals surface area contributed by atoms with E-state index in [1.54, 1.807) is 13.1 Å². The largest absolute Gasteiger partial charge is 0.418 e. The number of aryl methyl sites for hydroxylation is 1. The van der Waals surface area contributed by atoms with Crippen LogP contribution in [-0.2, 0) is 13.2 Å². The van der Waals surface area contributed by atoms with Crippen molar-refractivity contribution in [3.05, 3.63) is 29.5 Å². The molecule has 1 saturated heterocycles. The fraction of sp³-hybridized carbons (Fsp3) is 0.500. The predicted octanol–water partition coefficient (Wildman–Crippen LogP) is 3.06. The van der Waals surface area contributed by atoms with Crippen LogP contribution in [0.2, 0.25) is 0 Å². The average molecular weight is 283 g/mol. The Balaban J connectivity index is 2.16. The van der Waals surface area contributed by atoms with Crippen LogP contribution in [0.1, 0.15) is 30.0 Å². The van der Waals surface area contributed by atoms with Crippen LogP contribution in [-0.4, -0.2) is 22.9 Å². The number of hydrogen-bond donors (Lipinski definition) is 1. The van der Waals surface area contributed by atoms with Crippen molar-refractivity contribution in [3.63, 3.8) is 0 Å². The van der Waals surface area contributed by atoms with Gasteiger partial charge < -0.3 is 5.32 Å². The summed E-state index contributed by atoms with van der Waals surface area (Å²) in [6.07, 6.45) is -2.51. The Kier molecular flexibility index (Phi) is 3.20. The van der Waals surface area contributed by atoms with E-state index in [1.165, 1.54) is 10.7 Å². The molecule has 3 rings (SSSR count). The highest BCUT2D eigenvalue weighted by Crippen LogP contribution is 2.38. The molecule has 1 N–H and O–H groups in total. The molecule has 0 amide bonds. The second-order valence-corrected chi connectivity index (χ2v) is 5.23. The number of nitrogens with zero attached hydrogens (tertiary/aromatic N) is 2. The molecule has 1 fully saturated rings. The molecule has 0 atom stereocenters. The lowest BCUT2D eigenvalue weighted by molar-refractivity contribution is -0.136. The Morgan fingerprint density at radius 2 is 1.95 bits per heavy atom. The summed E-state index contributed by atoms with van der Waals surface area (Å²) in [5.74, 6) is 0.239. The van der Waals surface area contributed by atoms with E-state index in [9.17, 15) is 13.2 Å². The summed E-state index contributed by atoms with van der Waals surface area (Å²) < 4.78 is 40.7. The minimum Gasteiger partial charge on any atom is -0.317 e. The molecule has 20 heavy (non-hydrogen) atoms. The summed E-state index contributed by atoms with van der Waals surface area (Å²) in [6.45, 7) is 1.78. The van der Waals surface area contributed by atoms with Crippen LogP contribution in [0.25, 0.3) is 10.9 Å². The highest BCUT2D eigenvalue weighted by molar-refractivity contribution is 5.86. The zero-order valence-corrected chi connectivity index (χ0v) is 11.2. The van der Waals surface area contributed by atoms with E-state index in [1.807, 2.05) is 0 Å². The highest BCUT2D eigenvalue weighted by Gasteiger charge is 2.35. The van der Waals surface area contributed by atoms with Crippen LogP contribution in [0.4, 0.5) is 13.2 Å². The molecule has 1 aliphatic rings. The van der Waals surface area contributed by atoms with Gasteiger partial charge in [-0.05, 0) is 32.0 Å². The Morgan fingerprint density at radius 3 is 2.60 bits per heavy atom. The number of fused-ring (bicyclic) bond motifs is 1. The maximum Gasteiger partial charge on any atom is 0.418 e. The van der Waals surface area contributed by atoms with Crippen LogP contribution in [0.15, 0.2) is 18.2 Å². The second-order valence-electron chi connectivity index (χ2n) is 5.23. The smallest absolute Gasteiger partial charge is 0.317 e. The predicted molar refractivity (Wildman–Crippen MR) is 70.6 cm³/mol. The van der Waals surface area contributed by atoms with Crippen molar-refractivity contribution in [1.82, 2.24) is 15.1 Å². The van der Waals surface area contributed by atoms with Crippen LogP contribution < -0.4 is 5.32 Å². The Hall–Kier alpha value is -1.56. The Bertz CT molecular complexity index is 624. The molecule has 0 aliphatic carbocycles. The SMILES string of the molecule is Cn1nc(C2CCNCC2)c2cccc(C(F)(F)F)c21. The average Bonchev–Trinajstić information content (AvgIpc) is 2.76. The number of nitrogens with one attached hydrogen (secondary N) is 1. The van der Waals surface area contributed by atoms with Crippen LogP contribution in [0.5, 0.6) is 0 Å². The summed E-state index contributed by atoms with van der Waals surface area (Å²) in [6, 6.07) is 4.34. The Morgan fingerprint density at radius 1 is 1.25 bits per heavy atom. The van der Waals surface area contributed by atoms with Gasteiger partial charge in [0, 0.05) is 18.4 Å². The standard InChI is InChI=1S/C14H16F3N3/c1-20-13-10(3-2-4-11(13)14(15,16)17)12(19-20)9-5-7-18-8-6-9/h2-4,9,18H,5-8H2,1H3. The van der Waals surface area contributed by atoms with Crippen molar-refractivity contribution < 1.29 is 13.2 Å². The number of benzene rings is 1. The van der Waals surface area contributed by atoms with Crippen LogP contribution in [0, 0.1) is 0 Å². The van der Waals surface area contributed by atoms with Gasteiger partial charge in [0.15, 0.2) is 0 Å². The van der Waals surface area contributed by atoms with Gasteiger partial charge in [0.25, 0.3) is 0 Å². The fourth-order valence-electron chi connectivity index (χ4n) is 2.99. The molecule has 0 bridgehead atoms. The number of para-hydroxylation sites is 1. The lowest BCUT2D eigenvalue weighted by Crippen LogP contribution is -2.26. The quantitative estimate of drug-likeness (QED) is 0.871. The summed E-state index contributed by atoms with van der Waals surface area (Å²) in [5.41, 5.74) is 0.383. The molecule has 0 radical (unpaired) electrons. The molecule has 0 spiro atoms. The third-order valence-corrected chi connectivity index (χ3v) is 3.92. The van der Waals surface area contributed by atoms with E-state index in [0.717, 1.165) is 37.7 Å². The van der Waals surface area contributed by atoms with Crippen molar-refractivity contribution in [3.8, 4) is 0 Å². The summed E-state index contributed by atoms with van der Waals surface area (Å²) >= 11 is 0. The van der Waals surface area contributed by atoms with Gasteiger partial charge in [-0.15, -0.1) is 0 Å². The maximum atomic E-state index is 13.1. The molecular weight excluding hydrogens is 267 g/mol. The number of halogens is 3. The van der Waals surface area contributed by atoms with Gasteiger partial charge in [-0.1, -0.05) is 12.1 Å². The number of aromatic nitrogens is 2. The van der Waals surface area contributed by atoms with Crippen LogP contribution in [0.3, 0.4) is 0 Å². The van der Waals surface area contributed by atoms with E-state index >= 15 is 0 Å².